The monoisotopic (exact) mass is 268 g/mol. The van der Waals surface area contributed by atoms with Crippen LogP contribution >= 0.6 is 0 Å². The summed E-state index contributed by atoms with van der Waals surface area (Å²) in [5.41, 5.74) is 0.280. The van der Waals surface area contributed by atoms with E-state index in [1.165, 1.54) is 58.0 Å². The lowest BCUT2D eigenvalue weighted by molar-refractivity contribution is 0.0875. The van der Waals surface area contributed by atoms with E-state index >= 15 is 0 Å². The summed E-state index contributed by atoms with van der Waals surface area (Å²) in [6.07, 6.45) is 9.62. The van der Waals surface area contributed by atoms with Crippen LogP contribution in [0.4, 0.5) is 0 Å². The van der Waals surface area contributed by atoms with Crippen molar-refractivity contribution in [2.75, 3.05) is 26.7 Å². The van der Waals surface area contributed by atoms with Crippen LogP contribution in [0.2, 0.25) is 0 Å². The zero-order valence-electron chi connectivity index (χ0n) is 13.1. The first-order chi connectivity index (χ1) is 9.14. The summed E-state index contributed by atoms with van der Waals surface area (Å²) in [6.45, 7) is 8.35. The summed E-state index contributed by atoms with van der Waals surface area (Å²) in [5, 5.41) is 3.56. The van der Waals surface area contributed by atoms with Gasteiger partial charge in [0.25, 0.3) is 0 Å². The van der Waals surface area contributed by atoms with E-state index in [-0.39, 0.29) is 5.54 Å². The minimum Gasteiger partial charge on any atom is -0.378 e. The van der Waals surface area contributed by atoms with Crippen LogP contribution in [0, 0.1) is 0 Å². The maximum absolute atomic E-state index is 5.72. The normalized spacial score (nSPS) is 27.0. The summed E-state index contributed by atoms with van der Waals surface area (Å²) in [6, 6.07) is 0.590. The van der Waals surface area contributed by atoms with E-state index in [2.05, 4.69) is 31.1 Å². The van der Waals surface area contributed by atoms with Gasteiger partial charge in [-0.05, 0) is 78.9 Å². The number of rotatable bonds is 7. The summed E-state index contributed by atoms with van der Waals surface area (Å²) in [4.78, 5) is 2.67. The number of likely N-dealkylation sites (N-methyl/N-ethyl adjacent to an activating group) is 1. The van der Waals surface area contributed by atoms with Crippen molar-refractivity contribution in [2.45, 2.75) is 76.5 Å². The van der Waals surface area contributed by atoms with Crippen LogP contribution < -0.4 is 5.32 Å². The minimum atomic E-state index is 0.280. The molecular formula is C16H32N2O. The molecule has 19 heavy (non-hydrogen) atoms. The average Bonchev–Trinajstić information content (AvgIpc) is 3.06. The number of likely N-dealkylation sites (tertiary alicyclic amines) is 1. The molecule has 2 fully saturated rings. The van der Waals surface area contributed by atoms with Crippen molar-refractivity contribution in [1.82, 2.24) is 10.2 Å². The van der Waals surface area contributed by atoms with E-state index < -0.39 is 0 Å². The minimum absolute atomic E-state index is 0.280. The standard InChI is InChI=1S/C16H32N2O/c1-16(2,18-11-4-5-12-18)15(17-3)10-6-8-14-9-7-13-19-14/h14-15,17H,4-13H2,1-3H3. The van der Waals surface area contributed by atoms with E-state index in [0.29, 0.717) is 12.1 Å². The van der Waals surface area contributed by atoms with Gasteiger partial charge in [0, 0.05) is 18.2 Å². The van der Waals surface area contributed by atoms with Crippen molar-refractivity contribution in [3.05, 3.63) is 0 Å². The fraction of sp³-hybridized carbons (Fsp3) is 1.00. The lowest BCUT2D eigenvalue weighted by Gasteiger charge is -2.42. The maximum atomic E-state index is 5.72. The topological polar surface area (TPSA) is 24.5 Å². The third kappa shape index (κ3) is 3.93. The molecule has 2 heterocycles. The van der Waals surface area contributed by atoms with E-state index in [0.717, 1.165) is 6.61 Å². The van der Waals surface area contributed by atoms with Crippen molar-refractivity contribution < 1.29 is 4.74 Å². The Bertz CT molecular complexity index is 255. The Hall–Kier alpha value is -0.120. The van der Waals surface area contributed by atoms with Gasteiger partial charge in [0.1, 0.15) is 0 Å². The molecule has 0 aliphatic carbocycles. The molecule has 2 rings (SSSR count). The van der Waals surface area contributed by atoms with Crippen molar-refractivity contribution in [1.29, 1.82) is 0 Å². The molecule has 0 radical (unpaired) electrons. The summed E-state index contributed by atoms with van der Waals surface area (Å²) >= 11 is 0. The zero-order valence-corrected chi connectivity index (χ0v) is 13.1. The Balaban J connectivity index is 1.77. The smallest absolute Gasteiger partial charge is 0.0576 e. The molecule has 1 N–H and O–H groups in total. The second-order valence-corrected chi connectivity index (χ2v) is 6.76. The highest BCUT2D eigenvalue weighted by molar-refractivity contribution is 4.94. The maximum Gasteiger partial charge on any atom is 0.0576 e. The lowest BCUT2D eigenvalue weighted by atomic mass is 9.88. The van der Waals surface area contributed by atoms with Crippen LogP contribution in [0.25, 0.3) is 0 Å². The number of hydrogen-bond donors (Lipinski definition) is 1. The van der Waals surface area contributed by atoms with Gasteiger partial charge in [0.05, 0.1) is 6.10 Å². The fourth-order valence-corrected chi connectivity index (χ4v) is 3.79. The Morgan fingerprint density at radius 2 is 2.00 bits per heavy atom. The third-order valence-electron chi connectivity index (χ3n) is 5.17. The van der Waals surface area contributed by atoms with Crippen LogP contribution in [0.15, 0.2) is 0 Å². The second kappa shape index (κ2) is 7.05. The van der Waals surface area contributed by atoms with Crippen molar-refractivity contribution in [3.63, 3.8) is 0 Å². The molecule has 0 aromatic heterocycles. The molecule has 0 bridgehead atoms. The Labute approximate surface area is 119 Å². The molecule has 0 aromatic carbocycles. The average molecular weight is 268 g/mol. The summed E-state index contributed by atoms with van der Waals surface area (Å²) < 4.78 is 5.72. The molecule has 112 valence electrons. The van der Waals surface area contributed by atoms with Gasteiger partial charge in [-0.1, -0.05) is 0 Å². The molecule has 0 aromatic rings. The number of hydrogen-bond acceptors (Lipinski definition) is 3. The molecular weight excluding hydrogens is 236 g/mol. The third-order valence-corrected chi connectivity index (χ3v) is 5.17. The SMILES string of the molecule is CNC(CCCC1CCCO1)C(C)(C)N1CCCC1. The first-order valence-corrected chi connectivity index (χ1v) is 8.18. The molecule has 2 aliphatic rings. The molecule has 2 aliphatic heterocycles. The molecule has 3 nitrogen and oxygen atoms in total. The fourth-order valence-electron chi connectivity index (χ4n) is 3.79. The Morgan fingerprint density at radius 3 is 2.58 bits per heavy atom. The summed E-state index contributed by atoms with van der Waals surface area (Å²) in [7, 11) is 2.12. The Kier molecular flexibility index (Phi) is 5.67. The van der Waals surface area contributed by atoms with Gasteiger partial charge >= 0.3 is 0 Å². The molecule has 3 heteroatoms. The highest BCUT2D eigenvalue weighted by Gasteiger charge is 2.35. The highest BCUT2D eigenvalue weighted by atomic mass is 16.5. The number of ether oxygens (including phenoxy) is 1. The zero-order chi connectivity index (χ0) is 13.7. The van der Waals surface area contributed by atoms with Crippen LogP contribution in [0.1, 0.15) is 58.8 Å². The van der Waals surface area contributed by atoms with Crippen molar-refractivity contribution >= 4 is 0 Å². The largest absolute Gasteiger partial charge is 0.378 e. The van der Waals surface area contributed by atoms with E-state index in [1.54, 1.807) is 0 Å². The first kappa shape index (κ1) is 15.3. The van der Waals surface area contributed by atoms with Crippen LogP contribution in [-0.2, 0) is 4.74 Å². The van der Waals surface area contributed by atoms with Crippen LogP contribution in [-0.4, -0.2) is 49.3 Å². The van der Waals surface area contributed by atoms with Crippen molar-refractivity contribution in [3.8, 4) is 0 Å². The molecule has 2 saturated heterocycles. The predicted octanol–water partition coefficient (Wildman–Crippen LogP) is 2.80. The van der Waals surface area contributed by atoms with E-state index in [4.69, 9.17) is 4.74 Å². The van der Waals surface area contributed by atoms with Gasteiger partial charge in [0.15, 0.2) is 0 Å². The van der Waals surface area contributed by atoms with Gasteiger partial charge in [0.2, 0.25) is 0 Å². The first-order valence-electron chi connectivity index (χ1n) is 8.18. The second-order valence-electron chi connectivity index (χ2n) is 6.76. The van der Waals surface area contributed by atoms with E-state index in [9.17, 15) is 0 Å². The van der Waals surface area contributed by atoms with Gasteiger partial charge < -0.3 is 10.1 Å². The number of nitrogens with one attached hydrogen (secondary N) is 1. The van der Waals surface area contributed by atoms with Crippen LogP contribution in [0.5, 0.6) is 0 Å². The molecule has 0 amide bonds. The van der Waals surface area contributed by atoms with Gasteiger partial charge in [-0.3, -0.25) is 4.90 Å². The lowest BCUT2D eigenvalue weighted by Crippen LogP contribution is -2.56. The highest BCUT2D eigenvalue weighted by Crippen LogP contribution is 2.27. The van der Waals surface area contributed by atoms with Gasteiger partial charge in [-0.25, -0.2) is 0 Å². The van der Waals surface area contributed by atoms with Gasteiger partial charge in [-0.2, -0.15) is 0 Å². The van der Waals surface area contributed by atoms with Gasteiger partial charge in [-0.15, -0.1) is 0 Å². The molecule has 0 spiro atoms. The van der Waals surface area contributed by atoms with Crippen LogP contribution in [0.3, 0.4) is 0 Å². The molecule has 2 atom stereocenters. The van der Waals surface area contributed by atoms with E-state index in [1.807, 2.05) is 0 Å². The summed E-state index contributed by atoms with van der Waals surface area (Å²) in [5.74, 6) is 0. The quantitative estimate of drug-likeness (QED) is 0.768. The number of nitrogens with zero attached hydrogens (tertiary/aromatic N) is 1. The molecule has 2 unspecified atom stereocenters. The predicted molar refractivity (Wildman–Crippen MR) is 80.6 cm³/mol. The molecule has 0 saturated carbocycles. The Morgan fingerprint density at radius 1 is 1.26 bits per heavy atom. The van der Waals surface area contributed by atoms with Crippen molar-refractivity contribution in [2.24, 2.45) is 0 Å².